The number of rotatable bonds is 2. The third kappa shape index (κ3) is 2.47. The summed E-state index contributed by atoms with van der Waals surface area (Å²) in [4.78, 5) is 15.9. The molecule has 0 unspecified atom stereocenters. The minimum Gasteiger partial charge on any atom is -0.402 e. The molecule has 0 spiro atoms. The summed E-state index contributed by atoms with van der Waals surface area (Å²) in [5.74, 6) is -0.203. The molecule has 0 radical (unpaired) electrons. The van der Waals surface area contributed by atoms with Crippen LogP contribution in [0.5, 0.6) is 0 Å². The SMILES string of the molecule is O=C1OC(c2ccccc2Br)=N/C1=C\c1csnn1. The first-order valence-corrected chi connectivity index (χ1v) is 6.91. The van der Waals surface area contributed by atoms with Crippen molar-refractivity contribution in [1.82, 2.24) is 9.59 Å². The fourth-order valence-corrected chi connectivity index (χ4v) is 2.40. The molecular formula is C12H6BrN3O2S. The van der Waals surface area contributed by atoms with Gasteiger partial charge < -0.3 is 4.74 Å². The van der Waals surface area contributed by atoms with E-state index in [1.807, 2.05) is 24.3 Å². The van der Waals surface area contributed by atoms with Crippen LogP contribution in [0.25, 0.3) is 6.08 Å². The molecule has 0 amide bonds. The molecule has 19 heavy (non-hydrogen) atoms. The Labute approximate surface area is 120 Å². The molecule has 1 aliphatic heterocycles. The number of nitrogens with zero attached hydrogens (tertiary/aromatic N) is 3. The number of aliphatic imine (C=N–C) groups is 1. The average molecular weight is 336 g/mol. The molecule has 1 aromatic carbocycles. The van der Waals surface area contributed by atoms with Crippen molar-refractivity contribution in [2.45, 2.75) is 0 Å². The maximum atomic E-state index is 11.7. The van der Waals surface area contributed by atoms with E-state index in [2.05, 4.69) is 30.5 Å². The highest BCUT2D eigenvalue weighted by Crippen LogP contribution is 2.23. The van der Waals surface area contributed by atoms with Crippen molar-refractivity contribution in [2.24, 2.45) is 4.99 Å². The van der Waals surface area contributed by atoms with Gasteiger partial charge in [-0.2, -0.15) is 0 Å². The molecule has 0 aliphatic carbocycles. The summed E-state index contributed by atoms with van der Waals surface area (Å²) in [6.07, 6.45) is 1.55. The van der Waals surface area contributed by atoms with Crippen LogP contribution in [0.15, 0.2) is 44.8 Å². The molecule has 0 saturated carbocycles. The summed E-state index contributed by atoms with van der Waals surface area (Å²) < 4.78 is 9.69. The Morgan fingerprint density at radius 1 is 1.32 bits per heavy atom. The lowest BCUT2D eigenvalue weighted by molar-refractivity contribution is -0.129. The molecule has 0 atom stereocenters. The van der Waals surface area contributed by atoms with Crippen molar-refractivity contribution in [2.75, 3.05) is 0 Å². The molecular weight excluding hydrogens is 330 g/mol. The molecule has 2 heterocycles. The Balaban J connectivity index is 1.98. The predicted octanol–water partition coefficient (Wildman–Crippen LogP) is 2.65. The predicted molar refractivity (Wildman–Crippen MR) is 74.7 cm³/mol. The van der Waals surface area contributed by atoms with Crippen LogP contribution in [0.2, 0.25) is 0 Å². The number of ether oxygens (including phenoxy) is 1. The minimum absolute atomic E-state index is 0.221. The van der Waals surface area contributed by atoms with Crippen LogP contribution >= 0.6 is 27.5 Å². The maximum Gasteiger partial charge on any atom is 0.363 e. The molecule has 94 valence electrons. The van der Waals surface area contributed by atoms with Gasteiger partial charge in [0.05, 0.1) is 5.56 Å². The zero-order valence-electron chi connectivity index (χ0n) is 9.41. The summed E-state index contributed by atoms with van der Waals surface area (Å²) in [7, 11) is 0. The second-order valence-electron chi connectivity index (χ2n) is 3.65. The highest BCUT2D eigenvalue weighted by molar-refractivity contribution is 9.10. The van der Waals surface area contributed by atoms with E-state index < -0.39 is 5.97 Å². The second-order valence-corrected chi connectivity index (χ2v) is 5.11. The Bertz CT molecular complexity index is 695. The van der Waals surface area contributed by atoms with E-state index in [0.29, 0.717) is 5.69 Å². The summed E-state index contributed by atoms with van der Waals surface area (Å²) in [6.45, 7) is 0. The van der Waals surface area contributed by atoms with Crippen LogP contribution in [0.1, 0.15) is 11.3 Å². The van der Waals surface area contributed by atoms with Crippen molar-refractivity contribution in [3.05, 3.63) is 51.1 Å². The van der Waals surface area contributed by atoms with E-state index in [1.165, 1.54) is 11.5 Å². The lowest BCUT2D eigenvalue weighted by Gasteiger charge is -2.01. The molecule has 1 aliphatic rings. The fourth-order valence-electron chi connectivity index (χ4n) is 1.53. The van der Waals surface area contributed by atoms with Gasteiger partial charge in [0.2, 0.25) is 5.90 Å². The third-order valence-electron chi connectivity index (χ3n) is 2.39. The van der Waals surface area contributed by atoms with E-state index in [4.69, 9.17) is 4.74 Å². The molecule has 0 N–H and O–H groups in total. The number of esters is 1. The Morgan fingerprint density at radius 3 is 2.89 bits per heavy atom. The number of cyclic esters (lactones) is 1. The van der Waals surface area contributed by atoms with Gasteiger partial charge in [-0.05, 0) is 45.7 Å². The topological polar surface area (TPSA) is 64.4 Å². The van der Waals surface area contributed by atoms with Gasteiger partial charge >= 0.3 is 5.97 Å². The molecule has 0 fully saturated rings. The lowest BCUT2D eigenvalue weighted by Crippen LogP contribution is -2.05. The van der Waals surface area contributed by atoms with Crippen LogP contribution in [0.4, 0.5) is 0 Å². The van der Waals surface area contributed by atoms with E-state index >= 15 is 0 Å². The smallest absolute Gasteiger partial charge is 0.363 e. The van der Waals surface area contributed by atoms with Gasteiger partial charge in [0.1, 0.15) is 5.69 Å². The first-order valence-electron chi connectivity index (χ1n) is 5.28. The van der Waals surface area contributed by atoms with E-state index in [1.54, 1.807) is 11.5 Å². The van der Waals surface area contributed by atoms with Crippen LogP contribution in [-0.2, 0) is 9.53 Å². The highest BCUT2D eigenvalue weighted by atomic mass is 79.9. The van der Waals surface area contributed by atoms with E-state index in [-0.39, 0.29) is 11.6 Å². The Kier molecular flexibility index (Phi) is 3.22. The van der Waals surface area contributed by atoms with Crippen molar-refractivity contribution >= 4 is 45.4 Å². The molecule has 3 rings (SSSR count). The zero-order chi connectivity index (χ0) is 13.2. The van der Waals surface area contributed by atoms with Gasteiger partial charge in [-0.25, -0.2) is 9.79 Å². The summed E-state index contributed by atoms with van der Waals surface area (Å²) in [5, 5.41) is 5.56. The molecule has 5 nitrogen and oxygen atoms in total. The van der Waals surface area contributed by atoms with Crippen molar-refractivity contribution < 1.29 is 9.53 Å². The van der Waals surface area contributed by atoms with Crippen molar-refractivity contribution in [3.63, 3.8) is 0 Å². The molecule has 1 aromatic heterocycles. The Morgan fingerprint density at radius 2 is 2.16 bits per heavy atom. The zero-order valence-corrected chi connectivity index (χ0v) is 11.8. The number of aromatic nitrogens is 2. The standard InChI is InChI=1S/C12H6BrN3O2S/c13-9-4-2-1-3-8(9)11-14-10(12(17)18-11)5-7-6-19-16-15-7/h1-6H/b10-5-. The van der Waals surface area contributed by atoms with Gasteiger partial charge in [0.15, 0.2) is 5.70 Å². The van der Waals surface area contributed by atoms with E-state index in [9.17, 15) is 4.79 Å². The number of carbonyl (C=O) groups excluding carboxylic acids is 1. The largest absolute Gasteiger partial charge is 0.402 e. The van der Waals surface area contributed by atoms with Crippen molar-refractivity contribution in [3.8, 4) is 0 Å². The van der Waals surface area contributed by atoms with Crippen LogP contribution < -0.4 is 0 Å². The number of benzene rings is 1. The Hall–Kier alpha value is -1.86. The minimum atomic E-state index is -0.487. The normalized spacial score (nSPS) is 16.6. The monoisotopic (exact) mass is 335 g/mol. The molecule has 0 saturated heterocycles. The van der Waals surface area contributed by atoms with Gasteiger partial charge in [0, 0.05) is 9.85 Å². The summed E-state index contributed by atoms with van der Waals surface area (Å²) in [6, 6.07) is 7.41. The van der Waals surface area contributed by atoms with Gasteiger partial charge in [-0.3, -0.25) is 0 Å². The highest BCUT2D eigenvalue weighted by Gasteiger charge is 2.25. The molecule has 2 aromatic rings. The maximum absolute atomic E-state index is 11.7. The van der Waals surface area contributed by atoms with Gasteiger partial charge in [-0.1, -0.05) is 16.6 Å². The van der Waals surface area contributed by atoms with Crippen molar-refractivity contribution in [1.29, 1.82) is 0 Å². The summed E-state index contributed by atoms with van der Waals surface area (Å²) in [5.41, 5.74) is 1.54. The van der Waals surface area contributed by atoms with Gasteiger partial charge in [0.25, 0.3) is 0 Å². The quantitative estimate of drug-likeness (QED) is 0.625. The second kappa shape index (κ2) is 5.02. The first-order chi connectivity index (χ1) is 9.24. The third-order valence-corrected chi connectivity index (χ3v) is 3.60. The number of halogens is 1. The number of carbonyl (C=O) groups is 1. The molecule has 0 bridgehead atoms. The average Bonchev–Trinajstić information content (AvgIpc) is 3.02. The summed E-state index contributed by atoms with van der Waals surface area (Å²) >= 11 is 4.60. The number of hydrogen-bond donors (Lipinski definition) is 0. The fraction of sp³-hybridized carbons (Fsp3) is 0. The van der Waals surface area contributed by atoms with Crippen LogP contribution in [-0.4, -0.2) is 21.5 Å². The van der Waals surface area contributed by atoms with Crippen LogP contribution in [0, 0.1) is 0 Å². The first kappa shape index (κ1) is 12.2. The van der Waals surface area contributed by atoms with E-state index in [0.717, 1.165) is 10.0 Å². The molecule has 7 heteroatoms. The van der Waals surface area contributed by atoms with Gasteiger partial charge in [-0.15, -0.1) is 5.10 Å². The van der Waals surface area contributed by atoms with Crippen LogP contribution in [0.3, 0.4) is 0 Å². The number of hydrogen-bond acceptors (Lipinski definition) is 6. The lowest BCUT2D eigenvalue weighted by atomic mass is 10.2.